The van der Waals surface area contributed by atoms with Crippen LogP contribution in [0.2, 0.25) is 0 Å². The molecule has 0 atom stereocenters. The Morgan fingerprint density at radius 1 is 1.10 bits per heavy atom. The standard InChI is InChI=1S/C21H26N2O6/c1-28-12-11-23(17(25)13-29-2)19-18(22-9-7-14(24)8-10-22)20(26)15-5-3-4-6-16(15)21(19)27/h3-6,14,24H,7-13H2,1-2H3. The molecule has 0 aromatic heterocycles. The van der Waals surface area contributed by atoms with Gasteiger partial charge in [-0.05, 0) is 12.8 Å². The van der Waals surface area contributed by atoms with Crippen LogP contribution >= 0.6 is 0 Å². The zero-order chi connectivity index (χ0) is 21.0. The van der Waals surface area contributed by atoms with Crippen LogP contribution in [0, 0.1) is 0 Å². The number of hydrogen-bond acceptors (Lipinski definition) is 7. The highest BCUT2D eigenvalue weighted by Gasteiger charge is 2.40. The second kappa shape index (κ2) is 9.30. The topological polar surface area (TPSA) is 96.4 Å². The zero-order valence-electron chi connectivity index (χ0n) is 16.7. The highest BCUT2D eigenvalue weighted by atomic mass is 16.5. The number of methoxy groups -OCH3 is 2. The maximum atomic E-state index is 13.4. The van der Waals surface area contributed by atoms with Crippen molar-refractivity contribution >= 4 is 17.5 Å². The number of aliphatic hydroxyl groups is 1. The molecule has 1 aliphatic carbocycles. The van der Waals surface area contributed by atoms with E-state index in [4.69, 9.17) is 9.47 Å². The van der Waals surface area contributed by atoms with Gasteiger partial charge in [0, 0.05) is 45.0 Å². The molecule has 0 bridgehead atoms. The predicted molar refractivity (Wildman–Crippen MR) is 104 cm³/mol. The van der Waals surface area contributed by atoms with E-state index in [1.807, 2.05) is 0 Å². The molecule has 1 fully saturated rings. The Bertz CT molecular complexity index is 826. The Balaban J connectivity index is 2.13. The van der Waals surface area contributed by atoms with Gasteiger partial charge in [-0.15, -0.1) is 0 Å². The first-order valence-corrected chi connectivity index (χ1v) is 9.63. The van der Waals surface area contributed by atoms with E-state index in [0.717, 1.165) is 0 Å². The fourth-order valence-electron chi connectivity index (χ4n) is 3.73. The molecule has 1 aromatic rings. The normalized spacial score (nSPS) is 17.6. The van der Waals surface area contributed by atoms with Crippen molar-refractivity contribution in [3.63, 3.8) is 0 Å². The molecule has 0 unspecified atom stereocenters. The Morgan fingerprint density at radius 2 is 1.72 bits per heavy atom. The lowest BCUT2D eigenvalue weighted by Crippen LogP contribution is -2.46. The maximum absolute atomic E-state index is 13.4. The van der Waals surface area contributed by atoms with Gasteiger partial charge in [-0.25, -0.2) is 0 Å². The number of nitrogens with zero attached hydrogens (tertiary/aromatic N) is 2. The van der Waals surface area contributed by atoms with Crippen LogP contribution in [-0.2, 0) is 14.3 Å². The van der Waals surface area contributed by atoms with Crippen molar-refractivity contribution in [1.29, 1.82) is 0 Å². The Labute approximate surface area is 169 Å². The van der Waals surface area contributed by atoms with Gasteiger partial charge < -0.3 is 24.4 Å². The van der Waals surface area contributed by atoms with Gasteiger partial charge in [0.1, 0.15) is 18.0 Å². The summed E-state index contributed by atoms with van der Waals surface area (Å²) in [4.78, 5) is 42.7. The van der Waals surface area contributed by atoms with Crippen molar-refractivity contribution in [1.82, 2.24) is 9.80 Å². The van der Waals surface area contributed by atoms with E-state index in [-0.39, 0.29) is 48.3 Å². The van der Waals surface area contributed by atoms with Crippen molar-refractivity contribution in [2.75, 3.05) is 47.1 Å². The average Bonchev–Trinajstić information content (AvgIpc) is 2.73. The number of aliphatic hydroxyl groups excluding tert-OH is 1. The van der Waals surface area contributed by atoms with Gasteiger partial charge in [-0.3, -0.25) is 14.4 Å². The van der Waals surface area contributed by atoms with Crippen LogP contribution in [0.5, 0.6) is 0 Å². The molecule has 0 radical (unpaired) electrons. The molecule has 29 heavy (non-hydrogen) atoms. The van der Waals surface area contributed by atoms with Crippen LogP contribution in [0.15, 0.2) is 35.7 Å². The van der Waals surface area contributed by atoms with Gasteiger partial charge in [0.25, 0.3) is 5.91 Å². The van der Waals surface area contributed by atoms with Crippen molar-refractivity contribution in [3.8, 4) is 0 Å². The van der Waals surface area contributed by atoms with E-state index in [0.29, 0.717) is 31.5 Å². The summed E-state index contributed by atoms with van der Waals surface area (Å²) in [5.74, 6) is -1.09. The third-order valence-electron chi connectivity index (χ3n) is 5.21. The van der Waals surface area contributed by atoms with Crippen molar-refractivity contribution < 1.29 is 29.0 Å². The molecular weight excluding hydrogens is 376 g/mol. The summed E-state index contributed by atoms with van der Waals surface area (Å²) in [6, 6.07) is 6.63. The summed E-state index contributed by atoms with van der Waals surface area (Å²) in [5.41, 5.74) is 0.875. The van der Waals surface area contributed by atoms with Gasteiger partial charge in [0.15, 0.2) is 0 Å². The van der Waals surface area contributed by atoms with Crippen LogP contribution in [0.1, 0.15) is 33.6 Å². The lowest BCUT2D eigenvalue weighted by Gasteiger charge is -2.38. The first-order chi connectivity index (χ1) is 14.0. The first-order valence-electron chi connectivity index (χ1n) is 9.63. The van der Waals surface area contributed by atoms with Crippen LogP contribution in [0.25, 0.3) is 0 Å². The number of amides is 1. The molecule has 2 aliphatic rings. The molecule has 8 nitrogen and oxygen atoms in total. The zero-order valence-corrected chi connectivity index (χ0v) is 16.7. The molecule has 1 aliphatic heterocycles. The number of piperidine rings is 1. The Hall–Kier alpha value is -2.55. The molecular formula is C21H26N2O6. The van der Waals surface area contributed by atoms with Gasteiger partial charge in [-0.2, -0.15) is 0 Å². The van der Waals surface area contributed by atoms with Gasteiger partial charge in [0.2, 0.25) is 11.6 Å². The molecule has 1 heterocycles. The number of rotatable bonds is 7. The number of benzene rings is 1. The average molecular weight is 402 g/mol. The molecule has 3 rings (SSSR count). The molecule has 1 N–H and O–H groups in total. The van der Waals surface area contributed by atoms with Crippen LogP contribution < -0.4 is 0 Å². The minimum absolute atomic E-state index is 0.0594. The number of allylic oxidation sites excluding steroid dienone is 2. The van der Waals surface area contributed by atoms with E-state index < -0.39 is 12.0 Å². The van der Waals surface area contributed by atoms with Gasteiger partial charge in [0.05, 0.1) is 12.7 Å². The minimum Gasteiger partial charge on any atom is -0.393 e. The number of ether oxygens (including phenoxy) is 2. The van der Waals surface area contributed by atoms with E-state index in [2.05, 4.69) is 0 Å². The summed E-state index contributed by atoms with van der Waals surface area (Å²) in [6.45, 7) is 0.959. The fraction of sp³-hybridized carbons (Fsp3) is 0.476. The highest BCUT2D eigenvalue weighted by Crippen LogP contribution is 2.32. The SMILES string of the molecule is COCCN(C(=O)COC)C1=C(N2CCC(O)CC2)C(=O)c2ccccc2C1=O. The lowest BCUT2D eigenvalue weighted by atomic mass is 9.88. The number of fused-ring (bicyclic) bond motifs is 1. The van der Waals surface area contributed by atoms with E-state index in [1.165, 1.54) is 19.1 Å². The number of Topliss-reactive ketones (excluding diaryl/α,β-unsaturated/α-hetero) is 2. The van der Waals surface area contributed by atoms with E-state index in [9.17, 15) is 19.5 Å². The summed E-state index contributed by atoms with van der Waals surface area (Å²) in [7, 11) is 2.90. The summed E-state index contributed by atoms with van der Waals surface area (Å²) >= 11 is 0. The number of likely N-dealkylation sites (tertiary alicyclic amines) is 1. The molecule has 156 valence electrons. The van der Waals surface area contributed by atoms with Gasteiger partial charge in [-0.1, -0.05) is 24.3 Å². The number of hydrogen-bond donors (Lipinski definition) is 1. The summed E-state index contributed by atoms with van der Waals surface area (Å²) < 4.78 is 10.1. The smallest absolute Gasteiger partial charge is 0.253 e. The third kappa shape index (κ3) is 4.24. The third-order valence-corrected chi connectivity index (χ3v) is 5.21. The predicted octanol–water partition coefficient (Wildman–Crippen LogP) is 0.855. The van der Waals surface area contributed by atoms with Crippen molar-refractivity contribution in [3.05, 3.63) is 46.8 Å². The molecule has 8 heteroatoms. The molecule has 1 saturated heterocycles. The minimum atomic E-state index is -0.434. The Kier molecular flexibility index (Phi) is 6.79. The quantitative estimate of drug-likeness (QED) is 0.722. The van der Waals surface area contributed by atoms with Crippen LogP contribution in [0.4, 0.5) is 0 Å². The van der Waals surface area contributed by atoms with Crippen LogP contribution in [-0.4, -0.2) is 85.6 Å². The second-order valence-corrected chi connectivity index (χ2v) is 7.09. The van der Waals surface area contributed by atoms with Crippen LogP contribution in [0.3, 0.4) is 0 Å². The maximum Gasteiger partial charge on any atom is 0.253 e. The second-order valence-electron chi connectivity index (χ2n) is 7.09. The van der Waals surface area contributed by atoms with E-state index in [1.54, 1.807) is 29.2 Å². The molecule has 1 aromatic carbocycles. The first kappa shape index (κ1) is 21.2. The molecule has 1 amide bonds. The monoisotopic (exact) mass is 402 g/mol. The summed E-state index contributed by atoms with van der Waals surface area (Å²) in [5, 5.41) is 9.86. The van der Waals surface area contributed by atoms with Gasteiger partial charge >= 0.3 is 0 Å². The lowest BCUT2D eigenvalue weighted by molar-refractivity contribution is -0.133. The van der Waals surface area contributed by atoms with E-state index >= 15 is 0 Å². The Morgan fingerprint density at radius 3 is 2.31 bits per heavy atom. The fourth-order valence-corrected chi connectivity index (χ4v) is 3.73. The van der Waals surface area contributed by atoms with Crippen molar-refractivity contribution in [2.24, 2.45) is 0 Å². The summed E-state index contributed by atoms with van der Waals surface area (Å²) in [6.07, 6.45) is 0.547. The number of carbonyl (C=O) groups excluding carboxylic acids is 3. The molecule has 0 saturated carbocycles. The highest BCUT2D eigenvalue weighted by molar-refractivity contribution is 6.27. The molecule has 0 spiro atoms. The number of carbonyl (C=O) groups is 3. The largest absolute Gasteiger partial charge is 0.393 e. The van der Waals surface area contributed by atoms with Crippen molar-refractivity contribution in [2.45, 2.75) is 18.9 Å². The number of ketones is 2.